The van der Waals surface area contributed by atoms with Crippen molar-refractivity contribution in [2.24, 2.45) is 5.92 Å². The number of hydrogen-bond acceptors (Lipinski definition) is 4. The van der Waals surface area contributed by atoms with Crippen molar-refractivity contribution >= 4 is 5.91 Å². The third-order valence-electron chi connectivity index (χ3n) is 3.85. The standard InChI is InChI=1S/C13H21N5O/c1-9-15-12(17-16-9)13(19)18(7-10-4-5-10)8-11-3-2-6-14-11/h10-11,14H,2-8H2,1H3,(H,15,16,17). The van der Waals surface area contributed by atoms with Crippen LogP contribution >= 0.6 is 0 Å². The topological polar surface area (TPSA) is 73.9 Å². The Balaban J connectivity index is 1.67. The van der Waals surface area contributed by atoms with Gasteiger partial charge in [-0.05, 0) is 45.1 Å². The van der Waals surface area contributed by atoms with Gasteiger partial charge in [-0.15, -0.1) is 5.10 Å². The second kappa shape index (κ2) is 5.28. The summed E-state index contributed by atoms with van der Waals surface area (Å²) in [7, 11) is 0. The number of nitrogens with zero attached hydrogens (tertiary/aromatic N) is 3. The molecule has 19 heavy (non-hydrogen) atoms. The van der Waals surface area contributed by atoms with E-state index in [-0.39, 0.29) is 5.91 Å². The Bertz CT molecular complexity index is 448. The molecule has 1 unspecified atom stereocenters. The second-order valence-electron chi connectivity index (χ2n) is 5.69. The minimum atomic E-state index is -0.0371. The largest absolute Gasteiger partial charge is 0.334 e. The highest BCUT2D eigenvalue weighted by Crippen LogP contribution is 2.30. The molecule has 6 nitrogen and oxygen atoms in total. The molecule has 0 aromatic carbocycles. The van der Waals surface area contributed by atoms with Gasteiger partial charge in [-0.25, -0.2) is 4.98 Å². The van der Waals surface area contributed by atoms with Crippen LogP contribution in [0.25, 0.3) is 0 Å². The van der Waals surface area contributed by atoms with Crippen LogP contribution in [-0.4, -0.2) is 51.7 Å². The van der Waals surface area contributed by atoms with Gasteiger partial charge in [-0.3, -0.25) is 9.89 Å². The van der Waals surface area contributed by atoms with E-state index in [4.69, 9.17) is 0 Å². The van der Waals surface area contributed by atoms with E-state index in [2.05, 4.69) is 20.5 Å². The first-order chi connectivity index (χ1) is 9.22. The number of nitrogens with one attached hydrogen (secondary N) is 2. The Morgan fingerprint density at radius 2 is 2.21 bits per heavy atom. The van der Waals surface area contributed by atoms with Crippen molar-refractivity contribution in [3.05, 3.63) is 11.6 Å². The molecule has 0 spiro atoms. The fourth-order valence-corrected chi connectivity index (χ4v) is 2.61. The normalized spacial score (nSPS) is 22.7. The Labute approximate surface area is 113 Å². The molecule has 0 bridgehead atoms. The molecule has 2 fully saturated rings. The van der Waals surface area contributed by atoms with Crippen molar-refractivity contribution in [3.8, 4) is 0 Å². The summed E-state index contributed by atoms with van der Waals surface area (Å²) in [5, 5.41) is 10.2. The summed E-state index contributed by atoms with van der Waals surface area (Å²) in [6.45, 7) is 4.51. The molecule has 104 valence electrons. The highest BCUT2D eigenvalue weighted by Gasteiger charge is 2.30. The first-order valence-electron chi connectivity index (χ1n) is 7.14. The monoisotopic (exact) mass is 263 g/mol. The number of rotatable bonds is 5. The van der Waals surface area contributed by atoms with Crippen LogP contribution in [0, 0.1) is 12.8 Å². The van der Waals surface area contributed by atoms with E-state index in [9.17, 15) is 4.79 Å². The molecule has 1 aromatic rings. The van der Waals surface area contributed by atoms with E-state index in [0.29, 0.717) is 23.6 Å². The predicted octanol–water partition coefficient (Wildman–Crippen LogP) is 0.717. The van der Waals surface area contributed by atoms with E-state index in [1.54, 1.807) is 0 Å². The van der Waals surface area contributed by atoms with Gasteiger partial charge >= 0.3 is 0 Å². The third-order valence-corrected chi connectivity index (χ3v) is 3.85. The van der Waals surface area contributed by atoms with Gasteiger partial charge in [0.1, 0.15) is 5.82 Å². The number of carbonyl (C=O) groups is 1. The Kier molecular flexibility index (Phi) is 3.50. The highest BCUT2D eigenvalue weighted by molar-refractivity contribution is 5.90. The molecule has 1 aliphatic heterocycles. The highest BCUT2D eigenvalue weighted by atomic mass is 16.2. The molecular weight excluding hydrogens is 242 g/mol. The van der Waals surface area contributed by atoms with Crippen molar-refractivity contribution in [1.82, 2.24) is 25.4 Å². The average Bonchev–Trinajstić information content (AvgIpc) is 2.89. The lowest BCUT2D eigenvalue weighted by Gasteiger charge is -2.24. The van der Waals surface area contributed by atoms with Crippen LogP contribution in [0.15, 0.2) is 0 Å². The van der Waals surface area contributed by atoms with Crippen molar-refractivity contribution in [1.29, 1.82) is 0 Å². The van der Waals surface area contributed by atoms with Gasteiger partial charge in [0.2, 0.25) is 5.82 Å². The van der Waals surface area contributed by atoms with Crippen LogP contribution in [0.4, 0.5) is 0 Å². The van der Waals surface area contributed by atoms with E-state index < -0.39 is 0 Å². The summed E-state index contributed by atoms with van der Waals surface area (Å²) in [4.78, 5) is 18.6. The molecule has 3 rings (SSSR count). The van der Waals surface area contributed by atoms with Crippen LogP contribution in [-0.2, 0) is 0 Å². The van der Waals surface area contributed by atoms with Gasteiger partial charge in [0.05, 0.1) is 0 Å². The second-order valence-corrected chi connectivity index (χ2v) is 5.69. The maximum atomic E-state index is 12.5. The zero-order valence-corrected chi connectivity index (χ0v) is 11.4. The lowest BCUT2D eigenvalue weighted by molar-refractivity contribution is 0.0721. The van der Waals surface area contributed by atoms with Crippen molar-refractivity contribution in [2.75, 3.05) is 19.6 Å². The van der Waals surface area contributed by atoms with Crippen LogP contribution < -0.4 is 5.32 Å². The lowest BCUT2D eigenvalue weighted by atomic mass is 10.2. The summed E-state index contributed by atoms with van der Waals surface area (Å²) < 4.78 is 0. The molecule has 1 amide bonds. The molecule has 1 atom stereocenters. The zero-order chi connectivity index (χ0) is 13.2. The van der Waals surface area contributed by atoms with Gasteiger partial charge in [0.15, 0.2) is 0 Å². The van der Waals surface area contributed by atoms with E-state index >= 15 is 0 Å². The van der Waals surface area contributed by atoms with E-state index in [0.717, 1.165) is 26.1 Å². The van der Waals surface area contributed by atoms with Crippen molar-refractivity contribution in [3.63, 3.8) is 0 Å². The summed E-state index contributed by atoms with van der Waals surface area (Å²) in [5.74, 6) is 1.64. The average molecular weight is 263 g/mol. The fraction of sp³-hybridized carbons (Fsp3) is 0.769. The number of aryl methyl sites for hydroxylation is 1. The summed E-state index contributed by atoms with van der Waals surface area (Å²) in [6.07, 6.45) is 4.85. The number of hydrogen-bond donors (Lipinski definition) is 2. The minimum Gasteiger partial charge on any atom is -0.334 e. The van der Waals surface area contributed by atoms with Gasteiger partial charge < -0.3 is 10.2 Å². The maximum Gasteiger partial charge on any atom is 0.293 e. The molecule has 1 aromatic heterocycles. The Morgan fingerprint density at radius 1 is 1.37 bits per heavy atom. The lowest BCUT2D eigenvalue weighted by Crippen LogP contribution is -2.42. The molecular formula is C13H21N5O. The summed E-state index contributed by atoms with van der Waals surface area (Å²) in [6, 6.07) is 0.433. The Hall–Kier alpha value is -1.43. The van der Waals surface area contributed by atoms with Gasteiger partial charge in [-0.1, -0.05) is 0 Å². The van der Waals surface area contributed by atoms with Crippen LogP contribution in [0.2, 0.25) is 0 Å². The zero-order valence-electron chi connectivity index (χ0n) is 11.4. The van der Waals surface area contributed by atoms with Crippen molar-refractivity contribution in [2.45, 2.75) is 38.6 Å². The minimum absolute atomic E-state index is 0.0371. The number of aromatic amines is 1. The first kappa shape index (κ1) is 12.6. The summed E-state index contributed by atoms with van der Waals surface area (Å²) >= 11 is 0. The van der Waals surface area contributed by atoms with Crippen LogP contribution in [0.5, 0.6) is 0 Å². The predicted molar refractivity (Wildman–Crippen MR) is 70.8 cm³/mol. The molecule has 6 heteroatoms. The van der Waals surface area contributed by atoms with Gasteiger partial charge in [0.25, 0.3) is 5.91 Å². The molecule has 1 saturated heterocycles. The molecule has 2 N–H and O–H groups in total. The number of amides is 1. The third kappa shape index (κ3) is 3.12. The van der Waals surface area contributed by atoms with E-state index in [1.807, 2.05) is 11.8 Å². The fourth-order valence-electron chi connectivity index (χ4n) is 2.61. The molecule has 1 saturated carbocycles. The molecule has 2 aliphatic rings. The first-order valence-corrected chi connectivity index (χ1v) is 7.14. The van der Waals surface area contributed by atoms with Gasteiger partial charge in [-0.2, -0.15) is 0 Å². The van der Waals surface area contributed by atoms with Crippen LogP contribution in [0.3, 0.4) is 0 Å². The van der Waals surface area contributed by atoms with E-state index in [1.165, 1.54) is 19.3 Å². The number of H-pyrrole nitrogens is 1. The maximum absolute atomic E-state index is 12.5. The SMILES string of the molecule is Cc1nc(C(=O)N(CC2CC2)CC2CCCN2)n[nH]1. The van der Waals surface area contributed by atoms with Crippen molar-refractivity contribution < 1.29 is 4.79 Å². The Morgan fingerprint density at radius 3 is 2.79 bits per heavy atom. The molecule has 2 heterocycles. The molecule has 1 aliphatic carbocycles. The van der Waals surface area contributed by atoms with Gasteiger partial charge in [0, 0.05) is 19.1 Å². The van der Waals surface area contributed by atoms with Crippen LogP contribution in [0.1, 0.15) is 42.1 Å². The smallest absolute Gasteiger partial charge is 0.293 e. The summed E-state index contributed by atoms with van der Waals surface area (Å²) in [5.41, 5.74) is 0. The number of carbonyl (C=O) groups excluding carboxylic acids is 1. The number of aromatic nitrogens is 3. The molecule has 0 radical (unpaired) electrons. The quantitative estimate of drug-likeness (QED) is 0.821.